The molecule has 0 spiro atoms. The van der Waals surface area contributed by atoms with E-state index < -0.39 is 12.2 Å². The first-order valence-corrected chi connectivity index (χ1v) is 19.0. The topological polar surface area (TPSA) is 57.5 Å². The van der Waals surface area contributed by atoms with Gasteiger partial charge in [-0.3, -0.25) is 0 Å². The van der Waals surface area contributed by atoms with Crippen LogP contribution in [0.4, 0.5) is 0 Å². The number of aliphatic hydroxyl groups is 2. The van der Waals surface area contributed by atoms with Gasteiger partial charge in [0.05, 0.1) is 0 Å². The van der Waals surface area contributed by atoms with Gasteiger partial charge in [0.25, 0.3) is 0 Å². The Kier molecular flexibility index (Phi) is 19.7. The molecule has 276 valence electrons. The molecule has 0 aliphatic heterocycles. The Morgan fingerprint density at radius 2 is 0.411 bits per heavy atom. The van der Waals surface area contributed by atoms with Crippen LogP contribution >= 0.6 is 0 Å². The summed E-state index contributed by atoms with van der Waals surface area (Å²) < 4.78 is 8.25. The second kappa shape index (κ2) is 25.9. The first-order chi connectivity index (χ1) is 27.7. The smallest absolute Gasteiger partial charge is 0.0771 e. The number of benzene rings is 8. The van der Waals surface area contributed by atoms with Gasteiger partial charge in [-0.05, 0) is 22.3 Å². The van der Waals surface area contributed by atoms with E-state index in [2.05, 4.69) is 110 Å². The van der Waals surface area contributed by atoms with Crippen molar-refractivity contribution in [1.82, 2.24) is 0 Å². The van der Waals surface area contributed by atoms with E-state index in [-0.39, 0.29) is 0 Å². The molecule has 0 aliphatic rings. The molecule has 0 saturated heterocycles. The van der Waals surface area contributed by atoms with Crippen molar-refractivity contribution in [3.63, 3.8) is 0 Å². The number of hydrogen-bond acceptors (Lipinski definition) is 3. The molecule has 0 amide bonds. The molecule has 0 heterocycles. The normalized spacial score (nSPS) is 9.75. The standard InChI is InChI=1S/2C13H12O.2C13H11.O.Ti/c2*14-13(11-7-3-1-4-8-11)12-9-5-2-6-10-12;2*1-3-7-12(8-4-1)11-13-9-5-2-6-10-13;;/h2*1-10,13-14H;2*1-11H;;/q;;2*-1;;+2. The van der Waals surface area contributed by atoms with Gasteiger partial charge in [0, 0.05) is 0 Å². The Balaban J connectivity index is 0.000000163. The Morgan fingerprint density at radius 1 is 0.268 bits per heavy atom. The zero-order valence-electron chi connectivity index (χ0n) is 31.2. The largest absolute Gasteiger partial charge is 0.126 e. The van der Waals surface area contributed by atoms with Crippen molar-refractivity contribution in [2.45, 2.75) is 12.2 Å². The minimum atomic E-state index is -0.516. The number of rotatable bonds is 8. The predicted molar refractivity (Wildman–Crippen MR) is 225 cm³/mol. The minimum Gasteiger partial charge on any atom is -0.126 e. The van der Waals surface area contributed by atoms with Crippen LogP contribution in [0.15, 0.2) is 243 Å². The van der Waals surface area contributed by atoms with Gasteiger partial charge in [-0.15, -0.1) is 83.6 Å². The molecule has 56 heavy (non-hydrogen) atoms. The Morgan fingerprint density at radius 3 is 0.571 bits per heavy atom. The summed E-state index contributed by atoms with van der Waals surface area (Å²) in [4.78, 5) is 0. The van der Waals surface area contributed by atoms with Crippen LogP contribution in [-0.4, -0.2) is 10.2 Å². The molecule has 0 fully saturated rings. The molecule has 0 saturated carbocycles. The van der Waals surface area contributed by atoms with Crippen LogP contribution in [0.1, 0.15) is 56.7 Å². The molecule has 4 heteroatoms. The van der Waals surface area contributed by atoms with Gasteiger partial charge in [0.1, 0.15) is 12.2 Å². The van der Waals surface area contributed by atoms with Crippen molar-refractivity contribution >= 4 is 0 Å². The predicted octanol–water partition coefficient (Wildman–Crippen LogP) is 12.0. The summed E-state index contributed by atoms with van der Waals surface area (Å²) in [5, 5.41) is 20.0. The molecule has 0 aliphatic carbocycles. The summed E-state index contributed by atoms with van der Waals surface area (Å²) in [5.74, 6) is 0. The number of hydrogen-bond donors (Lipinski definition) is 2. The van der Waals surface area contributed by atoms with E-state index in [1.807, 2.05) is 146 Å². The van der Waals surface area contributed by atoms with E-state index in [0.717, 1.165) is 42.7 Å². The van der Waals surface area contributed by atoms with Crippen LogP contribution in [0.2, 0.25) is 0 Å². The zero-order valence-corrected chi connectivity index (χ0v) is 32.8. The molecule has 0 bridgehead atoms. The molecule has 8 aromatic carbocycles. The molecule has 0 atom stereocenters. The summed E-state index contributed by atoms with van der Waals surface area (Å²) in [6.45, 7) is 0. The summed E-state index contributed by atoms with van der Waals surface area (Å²) in [7, 11) is 0. The van der Waals surface area contributed by atoms with E-state index in [9.17, 15) is 10.2 Å². The van der Waals surface area contributed by atoms with Crippen molar-refractivity contribution in [1.29, 1.82) is 0 Å². The molecular formula is C52H46O3Ti. The van der Waals surface area contributed by atoms with Gasteiger partial charge in [0.15, 0.2) is 0 Å². The third kappa shape index (κ3) is 15.7. The first kappa shape index (κ1) is 42.7. The Bertz CT molecular complexity index is 1810. The molecule has 0 radical (unpaired) electrons. The average Bonchev–Trinajstić information content (AvgIpc) is 3.30. The molecule has 0 unspecified atom stereocenters. The maximum absolute atomic E-state index is 9.99. The van der Waals surface area contributed by atoms with Gasteiger partial charge in [0.2, 0.25) is 0 Å². The van der Waals surface area contributed by atoms with Crippen molar-refractivity contribution < 1.29 is 33.9 Å². The van der Waals surface area contributed by atoms with Gasteiger partial charge in [-0.1, -0.05) is 194 Å². The van der Waals surface area contributed by atoms with E-state index >= 15 is 0 Å². The van der Waals surface area contributed by atoms with Crippen LogP contribution in [0.3, 0.4) is 0 Å². The third-order valence-electron chi connectivity index (χ3n) is 8.33. The molecule has 2 N–H and O–H groups in total. The van der Waals surface area contributed by atoms with Crippen LogP contribution in [-0.2, 0) is 23.7 Å². The minimum absolute atomic E-state index is 0.516. The molecular weight excluding hydrogens is 720 g/mol. The van der Waals surface area contributed by atoms with Crippen LogP contribution in [0.25, 0.3) is 0 Å². The maximum Gasteiger partial charge on any atom is -0.0771 e. The first-order valence-electron chi connectivity index (χ1n) is 18.3. The van der Waals surface area contributed by atoms with E-state index in [1.54, 1.807) is 0 Å². The van der Waals surface area contributed by atoms with E-state index in [4.69, 9.17) is 3.32 Å². The molecule has 8 rings (SSSR count). The van der Waals surface area contributed by atoms with Crippen molar-refractivity contribution in [2.75, 3.05) is 0 Å². The second-order valence-electron chi connectivity index (χ2n) is 12.4. The third-order valence-corrected chi connectivity index (χ3v) is 8.33. The fraction of sp³-hybridized carbons (Fsp3) is 0.0385. The second-order valence-corrected chi connectivity index (χ2v) is 12.4. The van der Waals surface area contributed by atoms with Crippen molar-refractivity contribution in [3.8, 4) is 0 Å². The van der Waals surface area contributed by atoms with Crippen molar-refractivity contribution in [3.05, 3.63) is 300 Å². The van der Waals surface area contributed by atoms with Gasteiger partial charge in [-0.2, -0.15) is 0 Å². The average molecular weight is 767 g/mol. The van der Waals surface area contributed by atoms with E-state index in [0.29, 0.717) is 0 Å². The van der Waals surface area contributed by atoms with Gasteiger partial charge >= 0.3 is 23.7 Å². The summed E-state index contributed by atoms with van der Waals surface area (Å²) in [6.07, 6.45) is 3.30. The summed E-state index contributed by atoms with van der Waals surface area (Å²) >= 11 is 0.750. The van der Waals surface area contributed by atoms with Crippen LogP contribution < -0.4 is 0 Å². The quantitative estimate of drug-likeness (QED) is 0.120. The van der Waals surface area contributed by atoms with Gasteiger partial charge in [-0.25, -0.2) is 0 Å². The fourth-order valence-electron chi connectivity index (χ4n) is 5.51. The Labute approximate surface area is 344 Å². The van der Waals surface area contributed by atoms with Crippen LogP contribution in [0, 0.1) is 12.8 Å². The molecule has 3 nitrogen and oxygen atoms in total. The van der Waals surface area contributed by atoms with Crippen molar-refractivity contribution in [2.24, 2.45) is 0 Å². The van der Waals surface area contributed by atoms with Crippen LogP contribution in [0.5, 0.6) is 0 Å². The molecule has 8 aromatic rings. The summed E-state index contributed by atoms with van der Waals surface area (Å²) in [6, 6.07) is 80.0. The van der Waals surface area contributed by atoms with Gasteiger partial charge < -0.3 is 10.2 Å². The molecule has 0 aromatic heterocycles. The van der Waals surface area contributed by atoms with E-state index in [1.165, 1.54) is 22.3 Å². The monoisotopic (exact) mass is 766 g/mol. The SMILES string of the molecule is OC(c1ccccc1)c1ccccc1.OC(c1ccccc1)c1ccccc1.[O]=[Ti+2].c1ccc([CH-]c2ccccc2)cc1.c1ccc([CH-]c2ccccc2)cc1. The zero-order chi connectivity index (χ0) is 39.5. The maximum atomic E-state index is 9.99. The number of aliphatic hydroxyl groups excluding tert-OH is 2. The summed E-state index contributed by atoms with van der Waals surface area (Å²) in [5.41, 5.74) is 8.69. The fourth-order valence-corrected chi connectivity index (χ4v) is 5.51. The Hall–Kier alpha value is -6.07.